The van der Waals surface area contributed by atoms with Gasteiger partial charge in [-0.25, -0.2) is 0 Å². The maximum Gasteiger partial charge on any atom is 0.0939 e. The molecule has 0 radical (unpaired) electrons. The normalized spacial score (nSPS) is 14.8. The molecule has 2 aromatic carbocycles. The van der Waals surface area contributed by atoms with Gasteiger partial charge in [-0.2, -0.15) is 0 Å². The number of nitrogens with one attached hydrogen (secondary N) is 1. The number of halogens is 2. The van der Waals surface area contributed by atoms with Crippen LogP contribution in [0, 0.1) is 0 Å². The first-order valence-corrected chi connectivity index (χ1v) is 12.3. The Kier molecular flexibility index (Phi) is 9.57. The van der Waals surface area contributed by atoms with Crippen molar-refractivity contribution >= 4 is 23.2 Å². The molecule has 0 atom stereocenters. The van der Waals surface area contributed by atoms with Gasteiger partial charge in [0, 0.05) is 42.8 Å². The topological polar surface area (TPSA) is 18.5 Å². The van der Waals surface area contributed by atoms with E-state index in [2.05, 4.69) is 52.9 Å². The van der Waals surface area contributed by atoms with Crippen LogP contribution in [0.25, 0.3) is 0 Å². The van der Waals surface area contributed by atoms with Gasteiger partial charge in [0.2, 0.25) is 0 Å². The van der Waals surface area contributed by atoms with Gasteiger partial charge in [-0.05, 0) is 41.8 Å². The molecule has 1 fully saturated rings. The molecule has 3 nitrogen and oxygen atoms in total. The third kappa shape index (κ3) is 7.17. The number of hydrogen-bond donors (Lipinski definition) is 1. The van der Waals surface area contributed by atoms with Crippen molar-refractivity contribution in [2.24, 2.45) is 0 Å². The van der Waals surface area contributed by atoms with E-state index in [0.717, 1.165) is 48.6 Å². The molecule has 1 saturated heterocycles. The smallest absolute Gasteiger partial charge is 0.0939 e. The lowest BCUT2D eigenvalue weighted by molar-refractivity contribution is 0.126. The Labute approximate surface area is 198 Å². The van der Waals surface area contributed by atoms with E-state index in [4.69, 9.17) is 23.2 Å². The van der Waals surface area contributed by atoms with Gasteiger partial charge in [-0.15, -0.1) is 0 Å². The van der Waals surface area contributed by atoms with Crippen molar-refractivity contribution < 1.29 is 0 Å². The van der Waals surface area contributed by atoms with E-state index in [1.807, 2.05) is 24.3 Å². The summed E-state index contributed by atoms with van der Waals surface area (Å²) >= 11 is 12.3. The van der Waals surface area contributed by atoms with Gasteiger partial charge in [0.1, 0.15) is 0 Å². The van der Waals surface area contributed by atoms with E-state index < -0.39 is 0 Å². The zero-order chi connectivity index (χ0) is 22.1. The first-order chi connectivity index (χ1) is 15.1. The van der Waals surface area contributed by atoms with Crippen molar-refractivity contribution in [3.63, 3.8) is 0 Å². The molecule has 5 heteroatoms. The van der Waals surface area contributed by atoms with Crippen LogP contribution in [0.5, 0.6) is 0 Å². The summed E-state index contributed by atoms with van der Waals surface area (Å²) in [5.74, 6) is 1.06. The molecule has 0 aromatic heterocycles. The average Bonchev–Trinajstić information content (AvgIpc) is 2.79. The standard InChI is InChI=1S/C26H35Cl2N3/c1-3-4-5-6-7-16-29-21(2)30-17-19-31(20-18-30)26(22-8-12-24(27)13-9-22)23-10-14-25(28)15-11-23/h8-15,26,29H,2-7,16-20H2,1H3. The molecule has 1 N–H and O–H groups in total. The van der Waals surface area contributed by atoms with Crippen LogP contribution in [0.2, 0.25) is 10.0 Å². The number of rotatable bonds is 11. The van der Waals surface area contributed by atoms with E-state index in [0.29, 0.717) is 0 Å². The lowest BCUT2D eigenvalue weighted by Crippen LogP contribution is -2.49. The predicted octanol–water partition coefficient (Wildman–Crippen LogP) is 6.73. The summed E-state index contributed by atoms with van der Waals surface area (Å²) in [6.07, 6.45) is 6.48. The monoisotopic (exact) mass is 459 g/mol. The van der Waals surface area contributed by atoms with Crippen molar-refractivity contribution in [2.75, 3.05) is 32.7 Å². The van der Waals surface area contributed by atoms with Crippen molar-refractivity contribution in [2.45, 2.75) is 45.1 Å². The molecule has 0 aliphatic carbocycles. The molecule has 0 unspecified atom stereocenters. The Hall–Kier alpha value is -1.68. The molecule has 1 aliphatic heterocycles. The minimum absolute atomic E-state index is 0.191. The maximum absolute atomic E-state index is 6.15. The Morgan fingerprint density at radius 3 is 1.87 bits per heavy atom. The fraction of sp³-hybridized carbons (Fsp3) is 0.462. The summed E-state index contributed by atoms with van der Waals surface area (Å²) in [6, 6.07) is 16.6. The quantitative estimate of drug-likeness (QED) is 0.375. The molecule has 3 rings (SSSR count). The summed E-state index contributed by atoms with van der Waals surface area (Å²) in [6.45, 7) is 11.5. The summed E-state index contributed by atoms with van der Waals surface area (Å²) in [7, 11) is 0. The molecule has 0 bridgehead atoms. The highest BCUT2D eigenvalue weighted by Gasteiger charge is 2.26. The highest BCUT2D eigenvalue weighted by molar-refractivity contribution is 6.30. The fourth-order valence-electron chi connectivity index (χ4n) is 4.23. The number of piperazine rings is 1. The summed E-state index contributed by atoms with van der Waals surface area (Å²) in [5.41, 5.74) is 2.51. The molecular formula is C26H35Cl2N3. The fourth-order valence-corrected chi connectivity index (χ4v) is 4.48. The molecule has 2 aromatic rings. The number of unbranched alkanes of at least 4 members (excludes halogenated alkanes) is 4. The van der Waals surface area contributed by atoms with Gasteiger partial charge in [0.05, 0.1) is 11.9 Å². The van der Waals surface area contributed by atoms with Crippen LogP contribution in [0.3, 0.4) is 0 Å². The van der Waals surface area contributed by atoms with Gasteiger partial charge < -0.3 is 10.2 Å². The third-order valence-electron chi connectivity index (χ3n) is 6.04. The highest BCUT2D eigenvalue weighted by Crippen LogP contribution is 2.31. The van der Waals surface area contributed by atoms with Crippen LogP contribution in [0.1, 0.15) is 56.2 Å². The lowest BCUT2D eigenvalue weighted by atomic mass is 9.96. The Balaban J connectivity index is 1.58. The van der Waals surface area contributed by atoms with Crippen LogP contribution >= 0.6 is 23.2 Å². The minimum atomic E-state index is 0.191. The van der Waals surface area contributed by atoms with E-state index >= 15 is 0 Å². The van der Waals surface area contributed by atoms with Crippen LogP contribution in [-0.2, 0) is 0 Å². The number of nitrogens with zero attached hydrogens (tertiary/aromatic N) is 2. The summed E-state index contributed by atoms with van der Waals surface area (Å²) < 4.78 is 0. The lowest BCUT2D eigenvalue weighted by Gasteiger charge is -2.41. The molecule has 168 valence electrons. The van der Waals surface area contributed by atoms with E-state index in [1.165, 1.54) is 43.2 Å². The summed E-state index contributed by atoms with van der Waals surface area (Å²) in [4.78, 5) is 4.92. The second-order valence-electron chi connectivity index (χ2n) is 8.32. The van der Waals surface area contributed by atoms with Gasteiger partial charge in [-0.1, -0.05) is 86.7 Å². The van der Waals surface area contributed by atoms with Crippen molar-refractivity contribution in [1.82, 2.24) is 15.1 Å². The second-order valence-corrected chi connectivity index (χ2v) is 9.19. The zero-order valence-corrected chi connectivity index (χ0v) is 20.1. The summed E-state index contributed by atoms with van der Waals surface area (Å²) in [5, 5.41) is 5.06. The molecule has 0 amide bonds. The van der Waals surface area contributed by atoms with Crippen LogP contribution in [0.15, 0.2) is 60.9 Å². The molecular weight excluding hydrogens is 425 g/mol. The van der Waals surface area contributed by atoms with Gasteiger partial charge >= 0.3 is 0 Å². The van der Waals surface area contributed by atoms with E-state index in [-0.39, 0.29) is 6.04 Å². The van der Waals surface area contributed by atoms with E-state index in [1.54, 1.807) is 0 Å². The average molecular weight is 460 g/mol. The Bertz CT molecular complexity index is 751. The van der Waals surface area contributed by atoms with Crippen LogP contribution in [-0.4, -0.2) is 42.5 Å². The van der Waals surface area contributed by atoms with E-state index in [9.17, 15) is 0 Å². The minimum Gasteiger partial charge on any atom is -0.372 e. The van der Waals surface area contributed by atoms with Crippen molar-refractivity contribution in [1.29, 1.82) is 0 Å². The Morgan fingerprint density at radius 2 is 1.35 bits per heavy atom. The molecule has 1 heterocycles. The number of benzene rings is 2. The first-order valence-electron chi connectivity index (χ1n) is 11.5. The Morgan fingerprint density at radius 1 is 0.839 bits per heavy atom. The molecule has 31 heavy (non-hydrogen) atoms. The maximum atomic E-state index is 6.15. The molecule has 0 spiro atoms. The van der Waals surface area contributed by atoms with Crippen molar-refractivity contribution in [3.8, 4) is 0 Å². The predicted molar refractivity (Wildman–Crippen MR) is 134 cm³/mol. The van der Waals surface area contributed by atoms with Crippen LogP contribution < -0.4 is 5.32 Å². The largest absolute Gasteiger partial charge is 0.372 e. The SMILES string of the molecule is C=C(NCCCCCCC)N1CCN(C(c2ccc(Cl)cc2)c2ccc(Cl)cc2)CC1. The molecule has 1 aliphatic rings. The number of hydrogen-bond acceptors (Lipinski definition) is 3. The van der Waals surface area contributed by atoms with Crippen molar-refractivity contribution in [3.05, 3.63) is 82.1 Å². The van der Waals surface area contributed by atoms with Gasteiger partial charge in [0.25, 0.3) is 0 Å². The van der Waals surface area contributed by atoms with Crippen LogP contribution in [0.4, 0.5) is 0 Å². The first kappa shape index (κ1) is 24.0. The highest BCUT2D eigenvalue weighted by atomic mass is 35.5. The van der Waals surface area contributed by atoms with Gasteiger partial charge in [0.15, 0.2) is 0 Å². The second kappa shape index (κ2) is 12.4. The third-order valence-corrected chi connectivity index (χ3v) is 6.55. The van der Waals surface area contributed by atoms with Gasteiger partial charge in [-0.3, -0.25) is 4.90 Å². The molecule has 0 saturated carbocycles. The zero-order valence-electron chi connectivity index (χ0n) is 18.6.